The molecule has 0 bridgehead atoms. The second-order valence-corrected chi connectivity index (χ2v) is 8.29. The van der Waals surface area contributed by atoms with E-state index >= 15 is 0 Å². The van der Waals surface area contributed by atoms with Crippen molar-refractivity contribution < 1.29 is 14.3 Å². The van der Waals surface area contributed by atoms with Crippen molar-refractivity contribution in [2.75, 3.05) is 19.6 Å². The monoisotopic (exact) mass is 400 g/mol. The Morgan fingerprint density at radius 1 is 1.07 bits per heavy atom. The van der Waals surface area contributed by atoms with E-state index in [1.807, 2.05) is 36.1 Å². The van der Waals surface area contributed by atoms with Gasteiger partial charge in [0.25, 0.3) is 5.91 Å². The molecule has 0 radical (unpaired) electrons. The van der Waals surface area contributed by atoms with Gasteiger partial charge in [-0.15, -0.1) is 0 Å². The Kier molecular flexibility index (Phi) is 7.96. The van der Waals surface area contributed by atoms with E-state index in [2.05, 4.69) is 11.8 Å². The molecule has 29 heavy (non-hydrogen) atoms. The van der Waals surface area contributed by atoms with E-state index in [0.29, 0.717) is 24.3 Å². The highest BCUT2D eigenvalue weighted by molar-refractivity contribution is 5.97. The number of rotatable bonds is 4. The third kappa shape index (κ3) is 5.31. The lowest BCUT2D eigenvalue weighted by Crippen LogP contribution is -2.51. The van der Waals surface area contributed by atoms with E-state index in [1.54, 1.807) is 0 Å². The lowest BCUT2D eigenvalue weighted by Gasteiger charge is -2.41. The molecule has 1 aliphatic heterocycles. The van der Waals surface area contributed by atoms with Crippen LogP contribution in [0.5, 0.6) is 5.75 Å². The number of amides is 2. The molecular formula is C24H36N2O3. The molecule has 0 unspecified atom stereocenters. The number of fused-ring (bicyclic) bond motifs is 2. The van der Waals surface area contributed by atoms with Crippen molar-refractivity contribution in [1.82, 2.24) is 9.80 Å². The van der Waals surface area contributed by atoms with Crippen LogP contribution in [-0.4, -0.2) is 53.4 Å². The van der Waals surface area contributed by atoms with Crippen molar-refractivity contribution in [3.8, 4) is 5.75 Å². The van der Waals surface area contributed by atoms with Gasteiger partial charge in [0.05, 0.1) is 11.6 Å². The molecule has 0 saturated heterocycles. The minimum Gasteiger partial charge on any atom is -0.487 e. The Labute approximate surface area is 175 Å². The van der Waals surface area contributed by atoms with Crippen molar-refractivity contribution in [1.29, 1.82) is 0 Å². The number of ether oxygens (including phenoxy) is 1. The molecule has 0 aromatic heterocycles. The summed E-state index contributed by atoms with van der Waals surface area (Å²) in [4.78, 5) is 30.2. The van der Waals surface area contributed by atoms with Crippen molar-refractivity contribution in [3.63, 3.8) is 0 Å². The Bertz CT molecular complexity index is 690. The first-order valence-corrected chi connectivity index (χ1v) is 11.5. The van der Waals surface area contributed by atoms with Crippen molar-refractivity contribution in [3.05, 3.63) is 29.8 Å². The van der Waals surface area contributed by atoms with Gasteiger partial charge in [-0.05, 0) is 57.6 Å². The predicted molar refractivity (Wildman–Crippen MR) is 115 cm³/mol. The second-order valence-electron chi connectivity index (χ2n) is 8.29. The van der Waals surface area contributed by atoms with Gasteiger partial charge in [0.2, 0.25) is 5.91 Å². The van der Waals surface area contributed by atoms with Gasteiger partial charge < -0.3 is 14.5 Å². The van der Waals surface area contributed by atoms with Crippen LogP contribution in [0.1, 0.15) is 82.0 Å². The zero-order valence-electron chi connectivity index (χ0n) is 18.1. The molecule has 1 heterocycles. The standard InChI is InChI=1S/C24H36N2O3/c1-3-5-16-23(27)26-18-11-10-17-25(4-2)24(28)19-12-6-8-14-21(19)29-22-15-9-7-13-20(22)26/h6,8,12,14,20,22H,3-5,7,9-11,13,15-18H2,1-2H3/t20-,22+/m1/s1. The first-order valence-electron chi connectivity index (χ1n) is 11.5. The summed E-state index contributed by atoms with van der Waals surface area (Å²) in [6, 6.07) is 7.71. The number of carbonyl (C=O) groups is 2. The molecule has 0 N–H and O–H groups in total. The van der Waals surface area contributed by atoms with Crippen LogP contribution in [0, 0.1) is 0 Å². The number of benzene rings is 1. The smallest absolute Gasteiger partial charge is 0.257 e. The fourth-order valence-corrected chi connectivity index (χ4v) is 4.59. The van der Waals surface area contributed by atoms with E-state index in [-0.39, 0.29) is 24.0 Å². The van der Waals surface area contributed by atoms with Crippen LogP contribution in [0.3, 0.4) is 0 Å². The molecule has 160 valence electrons. The fourth-order valence-electron chi connectivity index (χ4n) is 4.59. The Morgan fingerprint density at radius 2 is 1.83 bits per heavy atom. The molecule has 1 fully saturated rings. The zero-order valence-corrected chi connectivity index (χ0v) is 18.1. The van der Waals surface area contributed by atoms with Crippen LogP contribution in [0.25, 0.3) is 0 Å². The fraction of sp³-hybridized carbons (Fsp3) is 0.667. The number of nitrogens with zero attached hydrogens (tertiary/aromatic N) is 2. The lowest BCUT2D eigenvalue weighted by molar-refractivity contribution is -0.137. The molecule has 2 aliphatic rings. The molecule has 0 spiro atoms. The Balaban J connectivity index is 1.92. The molecule has 5 nitrogen and oxygen atoms in total. The van der Waals surface area contributed by atoms with Gasteiger partial charge in [-0.1, -0.05) is 31.9 Å². The number of carbonyl (C=O) groups excluding carboxylic acids is 2. The van der Waals surface area contributed by atoms with E-state index < -0.39 is 0 Å². The largest absolute Gasteiger partial charge is 0.487 e. The minimum atomic E-state index is -0.0437. The Hall–Kier alpha value is -2.04. The molecule has 1 saturated carbocycles. The lowest BCUT2D eigenvalue weighted by atomic mass is 9.90. The van der Waals surface area contributed by atoms with Crippen molar-refractivity contribution in [2.45, 2.75) is 83.8 Å². The maximum atomic E-state index is 13.1. The summed E-state index contributed by atoms with van der Waals surface area (Å²) >= 11 is 0. The third-order valence-electron chi connectivity index (χ3n) is 6.27. The Morgan fingerprint density at radius 3 is 2.62 bits per heavy atom. The number of unbranched alkanes of at least 4 members (excludes halogenated alkanes) is 1. The van der Waals surface area contributed by atoms with E-state index in [1.165, 1.54) is 0 Å². The average Bonchev–Trinajstić information content (AvgIpc) is 2.74. The molecule has 1 aliphatic carbocycles. The highest BCUT2D eigenvalue weighted by Crippen LogP contribution is 2.31. The highest BCUT2D eigenvalue weighted by atomic mass is 16.5. The zero-order chi connectivity index (χ0) is 20.6. The number of hydrogen-bond donors (Lipinski definition) is 0. The van der Waals surface area contributed by atoms with Crippen LogP contribution >= 0.6 is 0 Å². The summed E-state index contributed by atoms with van der Waals surface area (Å²) in [5, 5.41) is 0. The summed E-state index contributed by atoms with van der Waals surface area (Å²) in [5.74, 6) is 0.974. The predicted octanol–water partition coefficient (Wildman–Crippen LogP) is 4.65. The molecular weight excluding hydrogens is 364 g/mol. The van der Waals surface area contributed by atoms with E-state index in [4.69, 9.17) is 4.74 Å². The number of para-hydroxylation sites is 1. The van der Waals surface area contributed by atoms with Crippen LogP contribution in [0.2, 0.25) is 0 Å². The van der Waals surface area contributed by atoms with Crippen LogP contribution in [-0.2, 0) is 4.79 Å². The van der Waals surface area contributed by atoms with Crippen molar-refractivity contribution in [2.24, 2.45) is 0 Å². The normalized spacial score (nSPS) is 23.3. The summed E-state index contributed by atoms with van der Waals surface area (Å²) in [6.07, 6.45) is 8.54. The van der Waals surface area contributed by atoms with Gasteiger partial charge >= 0.3 is 0 Å². The van der Waals surface area contributed by atoms with Crippen LogP contribution < -0.4 is 4.74 Å². The van der Waals surface area contributed by atoms with Crippen LogP contribution in [0.4, 0.5) is 0 Å². The number of hydrogen-bond acceptors (Lipinski definition) is 3. The van der Waals surface area contributed by atoms with Gasteiger partial charge in [0, 0.05) is 26.1 Å². The molecule has 5 heteroatoms. The summed E-state index contributed by atoms with van der Waals surface area (Å²) in [7, 11) is 0. The van der Waals surface area contributed by atoms with Gasteiger partial charge in [-0.25, -0.2) is 0 Å². The first kappa shape index (κ1) is 21.7. The molecule has 1 aromatic rings. The molecule has 2 atom stereocenters. The van der Waals surface area contributed by atoms with Gasteiger partial charge in [0.1, 0.15) is 11.9 Å². The van der Waals surface area contributed by atoms with Gasteiger partial charge in [-0.3, -0.25) is 9.59 Å². The third-order valence-corrected chi connectivity index (χ3v) is 6.27. The van der Waals surface area contributed by atoms with E-state index in [9.17, 15) is 9.59 Å². The topological polar surface area (TPSA) is 49.9 Å². The summed E-state index contributed by atoms with van der Waals surface area (Å²) in [6.45, 7) is 6.31. The van der Waals surface area contributed by atoms with Crippen LogP contribution in [0.15, 0.2) is 24.3 Å². The minimum absolute atomic E-state index is 0.0437. The first-order chi connectivity index (χ1) is 14.2. The van der Waals surface area contributed by atoms with Gasteiger partial charge in [-0.2, -0.15) is 0 Å². The molecule has 3 rings (SSSR count). The average molecular weight is 401 g/mol. The quantitative estimate of drug-likeness (QED) is 0.739. The highest BCUT2D eigenvalue weighted by Gasteiger charge is 2.35. The summed E-state index contributed by atoms with van der Waals surface area (Å²) in [5.41, 5.74) is 0.642. The molecule has 1 aromatic carbocycles. The van der Waals surface area contributed by atoms with E-state index in [0.717, 1.165) is 64.5 Å². The molecule has 2 amide bonds. The van der Waals surface area contributed by atoms with Crippen molar-refractivity contribution >= 4 is 11.8 Å². The maximum Gasteiger partial charge on any atom is 0.257 e. The second kappa shape index (κ2) is 10.7. The summed E-state index contributed by atoms with van der Waals surface area (Å²) < 4.78 is 6.48. The SMILES string of the molecule is CCCCC(=O)N1CCCCN(CC)C(=O)c2ccccc2O[C@H]2CCCC[C@H]21. The van der Waals surface area contributed by atoms with Gasteiger partial charge in [0.15, 0.2) is 0 Å². The maximum absolute atomic E-state index is 13.1.